The number of nitrogens with one attached hydrogen (secondary N) is 1. The maximum atomic E-state index is 12.7. The summed E-state index contributed by atoms with van der Waals surface area (Å²) in [5, 5.41) is 3.13. The molecule has 0 saturated carbocycles. The molecule has 0 aliphatic carbocycles. The van der Waals surface area contributed by atoms with Gasteiger partial charge in [0.15, 0.2) is 0 Å². The van der Waals surface area contributed by atoms with Gasteiger partial charge in [-0.05, 0) is 24.6 Å². The zero-order chi connectivity index (χ0) is 23.2. The maximum Gasteiger partial charge on any atom is 0.262 e. The normalized spacial score (nSPS) is 12.8. The van der Waals surface area contributed by atoms with Crippen molar-refractivity contribution in [1.29, 1.82) is 0 Å². The van der Waals surface area contributed by atoms with Crippen molar-refractivity contribution < 1.29 is 19.2 Å². The first-order chi connectivity index (χ1) is 15.2. The summed E-state index contributed by atoms with van der Waals surface area (Å²) in [6, 6.07) is 11.8. The number of carbonyl (C=O) groups is 4. The van der Waals surface area contributed by atoms with Gasteiger partial charge in [-0.2, -0.15) is 0 Å². The second kappa shape index (κ2) is 8.38. The lowest BCUT2D eigenvalue weighted by Crippen LogP contribution is -2.37. The fraction of sp³-hybridized carbons (Fsp3) is 0.0909. The molecule has 0 atom stereocenters. The van der Waals surface area contributed by atoms with E-state index >= 15 is 0 Å². The van der Waals surface area contributed by atoms with Crippen LogP contribution < -0.4 is 11.1 Å². The van der Waals surface area contributed by atoms with Gasteiger partial charge in [0.2, 0.25) is 5.91 Å². The zero-order valence-corrected chi connectivity index (χ0v) is 18.9. The molecule has 1 aromatic heterocycles. The molecule has 0 bridgehead atoms. The Morgan fingerprint density at radius 3 is 2.12 bits per heavy atom. The van der Waals surface area contributed by atoms with Crippen molar-refractivity contribution in [3.63, 3.8) is 0 Å². The number of thiophene rings is 1. The Bertz CT molecular complexity index is 1260. The van der Waals surface area contributed by atoms with Gasteiger partial charge in [0, 0.05) is 10.4 Å². The number of nitrogens with two attached hydrogens (primary N) is 1. The third-order valence-corrected chi connectivity index (χ3v) is 6.70. The molecule has 0 fully saturated rings. The number of hydrogen-bond donors (Lipinski definition) is 2. The molecule has 7 nitrogen and oxygen atoms in total. The summed E-state index contributed by atoms with van der Waals surface area (Å²) in [5.41, 5.74) is 7.35. The summed E-state index contributed by atoms with van der Waals surface area (Å²) in [6.45, 7) is 1.27. The largest absolute Gasteiger partial charge is 0.365 e. The smallest absolute Gasteiger partial charge is 0.262 e. The Morgan fingerprint density at radius 2 is 1.59 bits per heavy atom. The Labute approximate surface area is 196 Å². The molecule has 3 aromatic rings. The van der Waals surface area contributed by atoms with E-state index < -0.39 is 30.2 Å². The lowest BCUT2D eigenvalue weighted by atomic mass is 10.0. The van der Waals surface area contributed by atoms with Gasteiger partial charge < -0.3 is 11.1 Å². The lowest BCUT2D eigenvalue weighted by molar-refractivity contribution is -0.116. The van der Waals surface area contributed by atoms with Crippen LogP contribution in [0.4, 0.5) is 5.00 Å². The van der Waals surface area contributed by atoms with Crippen molar-refractivity contribution in [3.8, 4) is 11.1 Å². The van der Waals surface area contributed by atoms with Gasteiger partial charge in [-0.15, -0.1) is 11.3 Å². The molecular formula is C22H15Cl2N3O4S. The molecule has 32 heavy (non-hydrogen) atoms. The van der Waals surface area contributed by atoms with E-state index in [-0.39, 0.29) is 31.7 Å². The van der Waals surface area contributed by atoms with Gasteiger partial charge in [0.25, 0.3) is 17.7 Å². The summed E-state index contributed by atoms with van der Waals surface area (Å²) in [7, 11) is 0. The fourth-order valence-corrected chi connectivity index (χ4v) is 4.98. The van der Waals surface area contributed by atoms with Crippen LogP contribution in [0, 0.1) is 6.92 Å². The molecule has 0 spiro atoms. The molecule has 1 aliphatic rings. The van der Waals surface area contributed by atoms with Crippen LogP contribution in [0.3, 0.4) is 0 Å². The molecule has 0 unspecified atom stereocenters. The number of rotatable bonds is 5. The minimum Gasteiger partial charge on any atom is -0.365 e. The SMILES string of the molecule is Cc1sc(NC(=O)CN2C(=O)c3cc(Cl)c(Cl)cc3C2=O)c(C(N)=O)c1-c1ccccc1. The first kappa shape index (κ1) is 22.0. The number of hydrogen-bond acceptors (Lipinski definition) is 5. The number of benzene rings is 2. The van der Waals surface area contributed by atoms with Crippen LogP contribution in [0.5, 0.6) is 0 Å². The average molecular weight is 488 g/mol. The van der Waals surface area contributed by atoms with Crippen molar-refractivity contribution in [2.45, 2.75) is 6.92 Å². The van der Waals surface area contributed by atoms with Gasteiger partial charge in [0.1, 0.15) is 11.5 Å². The number of nitrogens with zero attached hydrogens (tertiary/aromatic N) is 1. The lowest BCUT2D eigenvalue weighted by Gasteiger charge is -2.13. The number of carbonyl (C=O) groups excluding carboxylic acids is 4. The van der Waals surface area contributed by atoms with E-state index in [9.17, 15) is 19.2 Å². The van der Waals surface area contributed by atoms with Gasteiger partial charge in [-0.1, -0.05) is 53.5 Å². The third-order valence-electron chi connectivity index (χ3n) is 4.96. The summed E-state index contributed by atoms with van der Waals surface area (Å²) < 4.78 is 0. The van der Waals surface area contributed by atoms with Gasteiger partial charge >= 0.3 is 0 Å². The van der Waals surface area contributed by atoms with E-state index in [1.54, 1.807) is 0 Å². The first-order valence-electron chi connectivity index (χ1n) is 9.32. The van der Waals surface area contributed by atoms with E-state index in [0.717, 1.165) is 15.3 Å². The van der Waals surface area contributed by atoms with Crippen LogP contribution in [-0.2, 0) is 4.79 Å². The second-order valence-corrected chi connectivity index (χ2v) is 9.06. The summed E-state index contributed by atoms with van der Waals surface area (Å²) in [5.74, 6) is -2.66. The fourth-order valence-electron chi connectivity index (χ4n) is 3.56. The Kier molecular flexibility index (Phi) is 5.77. The van der Waals surface area contributed by atoms with Crippen LogP contribution in [-0.4, -0.2) is 35.1 Å². The molecular weight excluding hydrogens is 473 g/mol. The molecule has 2 aromatic carbocycles. The molecule has 4 rings (SSSR count). The van der Waals surface area contributed by atoms with Gasteiger partial charge in [-0.25, -0.2) is 0 Å². The van der Waals surface area contributed by atoms with Gasteiger partial charge in [0.05, 0.1) is 26.7 Å². The second-order valence-electron chi connectivity index (χ2n) is 7.02. The van der Waals surface area contributed by atoms with Crippen molar-refractivity contribution in [1.82, 2.24) is 4.90 Å². The number of fused-ring (bicyclic) bond motifs is 1. The molecule has 2 heterocycles. The van der Waals surface area contributed by atoms with Crippen LogP contribution in [0.1, 0.15) is 36.0 Å². The highest BCUT2D eigenvalue weighted by atomic mass is 35.5. The summed E-state index contributed by atoms with van der Waals surface area (Å²) >= 11 is 13.1. The highest BCUT2D eigenvalue weighted by Crippen LogP contribution is 2.39. The van der Waals surface area contributed by atoms with E-state index in [1.165, 1.54) is 23.5 Å². The van der Waals surface area contributed by atoms with Gasteiger partial charge in [-0.3, -0.25) is 24.1 Å². The van der Waals surface area contributed by atoms with E-state index in [2.05, 4.69) is 5.32 Å². The van der Waals surface area contributed by atoms with Crippen LogP contribution in [0.25, 0.3) is 11.1 Å². The van der Waals surface area contributed by atoms with Crippen LogP contribution >= 0.6 is 34.5 Å². The number of aryl methyl sites for hydroxylation is 1. The van der Waals surface area contributed by atoms with Crippen LogP contribution in [0.15, 0.2) is 42.5 Å². The number of imide groups is 1. The minimum atomic E-state index is -0.700. The monoisotopic (exact) mass is 487 g/mol. The molecule has 4 amide bonds. The number of primary amides is 1. The van der Waals surface area contributed by atoms with E-state index in [0.29, 0.717) is 5.56 Å². The Balaban J connectivity index is 1.60. The summed E-state index contributed by atoms with van der Waals surface area (Å²) in [6.07, 6.45) is 0. The van der Waals surface area contributed by atoms with Crippen molar-refractivity contribution >= 4 is 63.2 Å². The van der Waals surface area contributed by atoms with Crippen LogP contribution in [0.2, 0.25) is 10.0 Å². The molecule has 1 aliphatic heterocycles. The number of halogens is 2. The summed E-state index contributed by atoms with van der Waals surface area (Å²) in [4.78, 5) is 51.8. The quantitative estimate of drug-likeness (QED) is 0.520. The van der Waals surface area contributed by atoms with Crippen molar-refractivity contribution in [2.24, 2.45) is 5.73 Å². The zero-order valence-electron chi connectivity index (χ0n) is 16.6. The van der Waals surface area contributed by atoms with E-state index in [4.69, 9.17) is 28.9 Å². The average Bonchev–Trinajstić information content (AvgIpc) is 3.18. The standard InChI is InChI=1S/C22H15Cl2N3O4S/c1-10-17(11-5-3-2-4-6-11)18(19(25)29)20(32-10)26-16(28)9-27-21(30)12-7-14(23)15(24)8-13(12)22(27)31/h2-8H,9H2,1H3,(H2,25,29)(H,26,28). The predicted molar refractivity (Wildman–Crippen MR) is 123 cm³/mol. The van der Waals surface area contributed by atoms with Crippen molar-refractivity contribution in [3.05, 3.63) is 74.1 Å². The topological polar surface area (TPSA) is 110 Å². The molecule has 10 heteroatoms. The number of amides is 4. The molecule has 3 N–H and O–H groups in total. The third kappa shape index (κ3) is 3.77. The van der Waals surface area contributed by atoms with Crippen molar-refractivity contribution in [2.75, 3.05) is 11.9 Å². The molecule has 162 valence electrons. The maximum absolute atomic E-state index is 12.7. The minimum absolute atomic E-state index is 0.0772. The first-order valence-corrected chi connectivity index (χ1v) is 10.9. The molecule has 0 radical (unpaired) electrons. The molecule has 0 saturated heterocycles. The van der Waals surface area contributed by atoms with E-state index in [1.807, 2.05) is 37.3 Å². The Hall–Kier alpha value is -3.20. The number of anilines is 1. The Morgan fingerprint density at radius 1 is 1.03 bits per heavy atom. The highest BCUT2D eigenvalue weighted by molar-refractivity contribution is 7.17. The highest BCUT2D eigenvalue weighted by Gasteiger charge is 2.37. The predicted octanol–water partition coefficient (Wildman–Crippen LogP) is 4.36.